The molecule has 0 spiro atoms. The highest BCUT2D eigenvalue weighted by molar-refractivity contribution is 9.10. The standard InChI is InChI=1S/C16H16BrFO/c17-15-7-6-14(16(18)10-15)9-13(11-19)8-12-4-2-1-3-5-12/h1-7,10,13,19H,8-9,11H2. The van der Waals surface area contributed by atoms with Crippen molar-refractivity contribution in [3.05, 3.63) is 69.9 Å². The lowest BCUT2D eigenvalue weighted by molar-refractivity contribution is 0.224. The number of benzene rings is 2. The van der Waals surface area contributed by atoms with Gasteiger partial charge in [0.25, 0.3) is 0 Å². The largest absolute Gasteiger partial charge is 0.396 e. The van der Waals surface area contributed by atoms with Gasteiger partial charge in [-0.1, -0.05) is 52.3 Å². The van der Waals surface area contributed by atoms with E-state index in [9.17, 15) is 9.50 Å². The first-order valence-corrected chi connectivity index (χ1v) is 7.07. The smallest absolute Gasteiger partial charge is 0.127 e. The van der Waals surface area contributed by atoms with Crippen molar-refractivity contribution in [3.63, 3.8) is 0 Å². The summed E-state index contributed by atoms with van der Waals surface area (Å²) in [7, 11) is 0. The summed E-state index contributed by atoms with van der Waals surface area (Å²) < 4.78 is 14.5. The number of hydrogen-bond donors (Lipinski definition) is 1. The van der Waals surface area contributed by atoms with E-state index in [0.29, 0.717) is 12.0 Å². The van der Waals surface area contributed by atoms with E-state index in [1.165, 1.54) is 11.6 Å². The van der Waals surface area contributed by atoms with Crippen LogP contribution in [0, 0.1) is 11.7 Å². The lowest BCUT2D eigenvalue weighted by Crippen LogP contribution is -2.13. The van der Waals surface area contributed by atoms with E-state index in [1.54, 1.807) is 6.07 Å². The second kappa shape index (κ2) is 6.83. The second-order valence-corrected chi connectivity index (χ2v) is 5.59. The highest BCUT2D eigenvalue weighted by Gasteiger charge is 2.12. The molecule has 1 unspecified atom stereocenters. The van der Waals surface area contributed by atoms with Crippen molar-refractivity contribution in [1.82, 2.24) is 0 Å². The van der Waals surface area contributed by atoms with Crippen molar-refractivity contribution in [2.45, 2.75) is 12.8 Å². The quantitative estimate of drug-likeness (QED) is 0.882. The zero-order valence-corrected chi connectivity index (χ0v) is 12.1. The second-order valence-electron chi connectivity index (χ2n) is 4.68. The number of aliphatic hydroxyl groups is 1. The van der Waals surface area contributed by atoms with E-state index in [4.69, 9.17) is 0 Å². The zero-order valence-electron chi connectivity index (χ0n) is 10.5. The first-order valence-electron chi connectivity index (χ1n) is 6.27. The summed E-state index contributed by atoms with van der Waals surface area (Å²) in [5.74, 6) is -0.182. The number of hydrogen-bond acceptors (Lipinski definition) is 1. The van der Waals surface area contributed by atoms with Crippen molar-refractivity contribution in [3.8, 4) is 0 Å². The molecule has 1 N–H and O–H groups in total. The molecule has 0 amide bonds. The molecule has 100 valence electrons. The molecule has 3 heteroatoms. The van der Waals surface area contributed by atoms with Gasteiger partial charge in [-0.2, -0.15) is 0 Å². The zero-order chi connectivity index (χ0) is 13.7. The maximum absolute atomic E-state index is 13.8. The van der Waals surface area contributed by atoms with Gasteiger partial charge in [0.05, 0.1) is 0 Å². The molecular weight excluding hydrogens is 307 g/mol. The molecule has 0 aliphatic heterocycles. The van der Waals surface area contributed by atoms with Crippen LogP contribution in [0.25, 0.3) is 0 Å². The Morgan fingerprint density at radius 3 is 2.42 bits per heavy atom. The van der Waals surface area contributed by atoms with Gasteiger partial charge in [0.2, 0.25) is 0 Å². The Kier molecular flexibility index (Phi) is 5.11. The minimum absolute atomic E-state index is 0.0399. The first-order chi connectivity index (χ1) is 9.19. The minimum atomic E-state index is -0.221. The molecule has 0 aromatic heterocycles. The summed E-state index contributed by atoms with van der Waals surface area (Å²) in [4.78, 5) is 0. The molecule has 2 rings (SSSR count). The molecule has 2 aromatic rings. The highest BCUT2D eigenvalue weighted by Crippen LogP contribution is 2.20. The van der Waals surface area contributed by atoms with Gasteiger partial charge in [-0.05, 0) is 42.0 Å². The van der Waals surface area contributed by atoms with Gasteiger partial charge in [-0.3, -0.25) is 0 Å². The van der Waals surface area contributed by atoms with Crippen molar-refractivity contribution in [2.24, 2.45) is 5.92 Å². The maximum Gasteiger partial charge on any atom is 0.127 e. The third kappa shape index (κ3) is 4.15. The Morgan fingerprint density at radius 1 is 1.05 bits per heavy atom. The summed E-state index contributed by atoms with van der Waals surface area (Å²) in [6, 6.07) is 15.0. The Bertz CT molecular complexity index is 528. The van der Waals surface area contributed by atoms with Crippen LogP contribution in [-0.2, 0) is 12.8 Å². The van der Waals surface area contributed by atoms with Crippen LogP contribution in [0.3, 0.4) is 0 Å². The molecule has 0 saturated carbocycles. The minimum Gasteiger partial charge on any atom is -0.396 e. The van der Waals surface area contributed by atoms with Crippen LogP contribution in [0.2, 0.25) is 0 Å². The van der Waals surface area contributed by atoms with Gasteiger partial charge in [-0.25, -0.2) is 4.39 Å². The Morgan fingerprint density at radius 2 is 1.79 bits per heavy atom. The predicted molar refractivity (Wildman–Crippen MR) is 78.5 cm³/mol. The lowest BCUT2D eigenvalue weighted by Gasteiger charge is -2.15. The molecule has 1 nitrogen and oxygen atoms in total. The van der Waals surface area contributed by atoms with Crippen LogP contribution in [0.4, 0.5) is 4.39 Å². The molecule has 0 saturated heterocycles. The van der Waals surface area contributed by atoms with Gasteiger partial charge < -0.3 is 5.11 Å². The summed E-state index contributed by atoms with van der Waals surface area (Å²) in [5, 5.41) is 9.46. The Balaban J connectivity index is 2.06. The lowest BCUT2D eigenvalue weighted by atomic mass is 9.93. The van der Waals surface area contributed by atoms with Crippen LogP contribution in [0.1, 0.15) is 11.1 Å². The normalized spacial score (nSPS) is 12.4. The Labute approximate surface area is 121 Å². The van der Waals surface area contributed by atoms with Crippen LogP contribution in [0.15, 0.2) is 53.0 Å². The molecule has 0 fully saturated rings. The maximum atomic E-state index is 13.8. The predicted octanol–water partition coefficient (Wildman–Crippen LogP) is 3.98. The SMILES string of the molecule is OCC(Cc1ccccc1)Cc1ccc(Br)cc1F. The van der Waals surface area contributed by atoms with E-state index in [2.05, 4.69) is 15.9 Å². The molecule has 1 atom stereocenters. The summed E-state index contributed by atoms with van der Waals surface area (Å²) in [6.07, 6.45) is 1.30. The van der Waals surface area contributed by atoms with Crippen molar-refractivity contribution in [2.75, 3.05) is 6.61 Å². The number of halogens is 2. The van der Waals surface area contributed by atoms with Crippen molar-refractivity contribution < 1.29 is 9.50 Å². The molecule has 0 bridgehead atoms. The van der Waals surface area contributed by atoms with Gasteiger partial charge in [-0.15, -0.1) is 0 Å². The summed E-state index contributed by atoms with van der Waals surface area (Å²) in [5.41, 5.74) is 1.82. The van der Waals surface area contributed by atoms with Gasteiger partial charge in [0.1, 0.15) is 5.82 Å². The van der Waals surface area contributed by atoms with E-state index in [1.807, 2.05) is 36.4 Å². The van der Waals surface area contributed by atoms with Crippen molar-refractivity contribution in [1.29, 1.82) is 0 Å². The van der Waals surface area contributed by atoms with Crippen LogP contribution < -0.4 is 0 Å². The molecule has 0 aliphatic carbocycles. The third-order valence-electron chi connectivity index (χ3n) is 3.15. The average Bonchev–Trinajstić information content (AvgIpc) is 2.42. The van der Waals surface area contributed by atoms with Crippen molar-refractivity contribution >= 4 is 15.9 Å². The van der Waals surface area contributed by atoms with Gasteiger partial charge >= 0.3 is 0 Å². The average molecular weight is 323 g/mol. The summed E-state index contributed by atoms with van der Waals surface area (Å²) in [6.45, 7) is 0.0599. The molecule has 0 aliphatic rings. The van der Waals surface area contributed by atoms with E-state index in [0.717, 1.165) is 10.9 Å². The molecule has 0 radical (unpaired) electrons. The van der Waals surface area contributed by atoms with E-state index < -0.39 is 0 Å². The third-order valence-corrected chi connectivity index (χ3v) is 3.64. The molecule has 19 heavy (non-hydrogen) atoms. The van der Waals surface area contributed by atoms with E-state index >= 15 is 0 Å². The fraction of sp³-hybridized carbons (Fsp3) is 0.250. The van der Waals surface area contributed by atoms with Gasteiger partial charge in [0.15, 0.2) is 0 Å². The van der Waals surface area contributed by atoms with Gasteiger partial charge in [0, 0.05) is 11.1 Å². The van der Waals surface area contributed by atoms with E-state index in [-0.39, 0.29) is 18.3 Å². The fourth-order valence-corrected chi connectivity index (χ4v) is 2.48. The molecule has 0 heterocycles. The first kappa shape index (κ1) is 14.2. The topological polar surface area (TPSA) is 20.2 Å². The number of aliphatic hydroxyl groups excluding tert-OH is 1. The van der Waals surface area contributed by atoms with Crippen LogP contribution in [-0.4, -0.2) is 11.7 Å². The van der Waals surface area contributed by atoms with Crippen LogP contribution in [0.5, 0.6) is 0 Å². The highest BCUT2D eigenvalue weighted by atomic mass is 79.9. The molecular formula is C16H16BrFO. The van der Waals surface area contributed by atoms with Crippen LogP contribution >= 0.6 is 15.9 Å². The summed E-state index contributed by atoms with van der Waals surface area (Å²) >= 11 is 3.24. The molecule has 2 aromatic carbocycles. The number of rotatable bonds is 5. The Hall–Kier alpha value is -1.19. The monoisotopic (exact) mass is 322 g/mol. The fourth-order valence-electron chi connectivity index (χ4n) is 2.15.